The quantitative estimate of drug-likeness (QED) is 0.732. The molecule has 0 saturated heterocycles. The first-order chi connectivity index (χ1) is 9.14. The van der Waals surface area contributed by atoms with Crippen LogP contribution in [-0.2, 0) is 14.3 Å². The molecule has 0 unspecified atom stereocenters. The van der Waals surface area contributed by atoms with E-state index in [4.69, 9.17) is 4.74 Å². The fourth-order valence-electron chi connectivity index (χ4n) is 1.42. The smallest absolute Gasteiger partial charge is 0.407 e. The molecule has 20 heavy (non-hydrogen) atoms. The van der Waals surface area contributed by atoms with Crippen molar-refractivity contribution in [3.05, 3.63) is 0 Å². The third kappa shape index (κ3) is 10.8. The zero-order valence-electron chi connectivity index (χ0n) is 12.9. The minimum atomic E-state index is -0.538. The van der Waals surface area contributed by atoms with Crippen LogP contribution in [0.1, 0.15) is 53.9 Å². The van der Waals surface area contributed by atoms with Crippen molar-refractivity contribution in [1.82, 2.24) is 5.32 Å². The molecular formula is C14H25NO4S. The van der Waals surface area contributed by atoms with E-state index in [0.717, 1.165) is 11.8 Å². The normalized spacial score (nSPS) is 12.7. The number of hydrogen-bond donors (Lipinski definition) is 1. The molecule has 0 aliphatic heterocycles. The van der Waals surface area contributed by atoms with Gasteiger partial charge in [0.2, 0.25) is 0 Å². The molecule has 0 bridgehead atoms. The largest absolute Gasteiger partial charge is 0.444 e. The number of ether oxygens (including phenoxy) is 1. The second-order valence-electron chi connectivity index (χ2n) is 5.61. The number of alkyl carbamates (subject to hydrolysis) is 1. The number of thioether (sulfide) groups is 1. The van der Waals surface area contributed by atoms with Crippen molar-refractivity contribution in [3.63, 3.8) is 0 Å². The topological polar surface area (TPSA) is 72.5 Å². The SMILES string of the molecule is CCSC(=O)CC(=O)CC[C@H](C)NC(=O)OC(C)(C)C. The van der Waals surface area contributed by atoms with Crippen LogP contribution in [0.4, 0.5) is 4.79 Å². The Kier molecular flexibility index (Phi) is 8.53. The van der Waals surface area contributed by atoms with Crippen LogP contribution in [-0.4, -0.2) is 34.4 Å². The highest BCUT2D eigenvalue weighted by Gasteiger charge is 2.18. The molecule has 0 spiro atoms. The number of Topliss-reactive ketones (excluding diaryl/α,β-unsaturated/α-hetero) is 1. The summed E-state index contributed by atoms with van der Waals surface area (Å²) in [6, 6.07) is -0.164. The Morgan fingerprint density at radius 1 is 1.25 bits per heavy atom. The van der Waals surface area contributed by atoms with Gasteiger partial charge in [-0.3, -0.25) is 9.59 Å². The second-order valence-corrected chi connectivity index (χ2v) is 6.93. The van der Waals surface area contributed by atoms with E-state index >= 15 is 0 Å². The number of nitrogens with one attached hydrogen (secondary N) is 1. The van der Waals surface area contributed by atoms with E-state index in [1.807, 2.05) is 6.92 Å². The molecule has 0 aliphatic carbocycles. The van der Waals surface area contributed by atoms with E-state index in [0.29, 0.717) is 12.2 Å². The van der Waals surface area contributed by atoms with Gasteiger partial charge >= 0.3 is 6.09 Å². The van der Waals surface area contributed by atoms with Gasteiger partial charge < -0.3 is 10.1 Å². The van der Waals surface area contributed by atoms with Gasteiger partial charge in [-0.2, -0.15) is 0 Å². The first kappa shape index (κ1) is 19.0. The van der Waals surface area contributed by atoms with Crippen LogP contribution in [0.15, 0.2) is 0 Å². The lowest BCUT2D eigenvalue weighted by Crippen LogP contribution is -2.37. The van der Waals surface area contributed by atoms with Gasteiger partial charge in [0.25, 0.3) is 0 Å². The summed E-state index contributed by atoms with van der Waals surface area (Å²) in [5.74, 6) is 0.594. The van der Waals surface area contributed by atoms with Crippen LogP contribution in [0.25, 0.3) is 0 Å². The minimum Gasteiger partial charge on any atom is -0.444 e. The highest BCUT2D eigenvalue weighted by Crippen LogP contribution is 2.09. The summed E-state index contributed by atoms with van der Waals surface area (Å²) in [5.41, 5.74) is -0.538. The van der Waals surface area contributed by atoms with Gasteiger partial charge in [-0.05, 0) is 39.9 Å². The summed E-state index contributed by atoms with van der Waals surface area (Å²) >= 11 is 1.16. The fraction of sp³-hybridized carbons (Fsp3) is 0.786. The zero-order chi connectivity index (χ0) is 15.8. The van der Waals surface area contributed by atoms with Crippen LogP contribution >= 0.6 is 11.8 Å². The first-order valence-corrected chi connectivity index (χ1v) is 7.79. The average Bonchev–Trinajstić information content (AvgIpc) is 2.23. The molecule has 0 aromatic carbocycles. The van der Waals surface area contributed by atoms with Crippen LogP contribution in [0.3, 0.4) is 0 Å². The van der Waals surface area contributed by atoms with Crippen LogP contribution in [0.2, 0.25) is 0 Å². The maximum absolute atomic E-state index is 11.6. The summed E-state index contributed by atoms with van der Waals surface area (Å²) in [6.07, 6.45) is 0.266. The maximum Gasteiger partial charge on any atom is 0.407 e. The Morgan fingerprint density at radius 3 is 2.35 bits per heavy atom. The molecule has 0 aliphatic rings. The van der Waals surface area contributed by atoms with Crippen molar-refractivity contribution in [1.29, 1.82) is 0 Å². The number of hydrogen-bond acceptors (Lipinski definition) is 5. The van der Waals surface area contributed by atoms with Gasteiger partial charge in [-0.1, -0.05) is 18.7 Å². The van der Waals surface area contributed by atoms with Gasteiger partial charge in [0, 0.05) is 12.5 Å². The molecule has 0 aromatic heterocycles. The molecule has 0 saturated carbocycles. The number of amides is 1. The van der Waals surface area contributed by atoms with Crippen molar-refractivity contribution in [2.75, 3.05) is 5.75 Å². The van der Waals surface area contributed by atoms with Crippen molar-refractivity contribution in [2.24, 2.45) is 0 Å². The summed E-state index contributed by atoms with van der Waals surface area (Å²) < 4.78 is 5.12. The zero-order valence-corrected chi connectivity index (χ0v) is 13.8. The van der Waals surface area contributed by atoms with E-state index in [1.165, 1.54) is 0 Å². The highest BCUT2D eigenvalue weighted by atomic mass is 32.2. The lowest BCUT2D eigenvalue weighted by Gasteiger charge is -2.21. The number of carbonyl (C=O) groups excluding carboxylic acids is 3. The molecule has 0 rings (SSSR count). The van der Waals surface area contributed by atoms with Gasteiger partial charge in [-0.15, -0.1) is 0 Å². The first-order valence-electron chi connectivity index (χ1n) is 6.81. The van der Waals surface area contributed by atoms with Crippen LogP contribution in [0.5, 0.6) is 0 Å². The Bertz CT molecular complexity index is 350. The predicted octanol–water partition coefficient (Wildman–Crippen LogP) is 2.92. The van der Waals surface area contributed by atoms with Crippen molar-refractivity contribution >= 4 is 28.8 Å². The van der Waals surface area contributed by atoms with E-state index in [9.17, 15) is 14.4 Å². The molecule has 0 aromatic rings. The Labute approximate surface area is 125 Å². The Morgan fingerprint density at radius 2 is 1.85 bits per heavy atom. The van der Waals surface area contributed by atoms with Crippen molar-refractivity contribution in [2.45, 2.75) is 65.5 Å². The summed E-state index contributed by atoms with van der Waals surface area (Å²) in [4.78, 5) is 34.4. The van der Waals surface area contributed by atoms with Crippen molar-refractivity contribution in [3.8, 4) is 0 Å². The molecule has 0 fully saturated rings. The van der Waals surface area contributed by atoms with Gasteiger partial charge in [0.1, 0.15) is 11.4 Å². The van der Waals surface area contributed by atoms with Crippen molar-refractivity contribution < 1.29 is 19.1 Å². The third-order valence-electron chi connectivity index (χ3n) is 2.27. The second kappa shape index (κ2) is 9.00. The Balaban J connectivity index is 3.93. The molecule has 1 N–H and O–H groups in total. The molecule has 6 heteroatoms. The van der Waals surface area contributed by atoms with Gasteiger partial charge in [0.05, 0.1) is 6.42 Å². The molecular weight excluding hydrogens is 278 g/mol. The fourth-order valence-corrected chi connectivity index (χ4v) is 2.00. The molecule has 5 nitrogen and oxygen atoms in total. The summed E-state index contributed by atoms with van der Waals surface area (Å²) in [6.45, 7) is 9.05. The number of rotatable bonds is 7. The number of ketones is 1. The standard InChI is InChI=1S/C14H25NO4S/c1-6-20-12(17)9-11(16)8-7-10(2)15-13(18)19-14(3,4)5/h10H,6-9H2,1-5H3,(H,15,18)/t10-/m0/s1. The van der Waals surface area contributed by atoms with E-state index in [2.05, 4.69) is 5.32 Å². The lowest BCUT2D eigenvalue weighted by atomic mass is 10.1. The molecule has 1 amide bonds. The molecule has 1 atom stereocenters. The predicted molar refractivity (Wildman–Crippen MR) is 80.8 cm³/mol. The van der Waals surface area contributed by atoms with Crippen LogP contribution in [0, 0.1) is 0 Å². The van der Waals surface area contributed by atoms with Gasteiger partial charge in [0.15, 0.2) is 5.12 Å². The third-order valence-corrected chi connectivity index (χ3v) is 3.02. The summed E-state index contributed by atoms with van der Waals surface area (Å²) in [5, 5.41) is 2.57. The average molecular weight is 303 g/mol. The summed E-state index contributed by atoms with van der Waals surface area (Å²) in [7, 11) is 0. The lowest BCUT2D eigenvalue weighted by molar-refractivity contribution is -0.123. The van der Waals surface area contributed by atoms with E-state index in [1.54, 1.807) is 27.7 Å². The number of carbonyl (C=O) groups is 3. The van der Waals surface area contributed by atoms with Crippen LogP contribution < -0.4 is 5.32 Å². The minimum absolute atomic E-state index is 0.0301. The monoisotopic (exact) mass is 303 g/mol. The van der Waals surface area contributed by atoms with Gasteiger partial charge in [-0.25, -0.2) is 4.79 Å². The molecule has 0 radical (unpaired) electrons. The van der Waals surface area contributed by atoms with E-state index in [-0.39, 0.29) is 29.8 Å². The highest BCUT2D eigenvalue weighted by molar-refractivity contribution is 8.13. The maximum atomic E-state index is 11.6. The molecule has 116 valence electrons. The molecule has 0 heterocycles. The van der Waals surface area contributed by atoms with E-state index < -0.39 is 11.7 Å². The Hall–Kier alpha value is -1.04.